The zero-order valence-electron chi connectivity index (χ0n) is 18.1. The van der Waals surface area contributed by atoms with Gasteiger partial charge in [-0.05, 0) is 48.0 Å². The second-order valence-electron chi connectivity index (χ2n) is 7.43. The van der Waals surface area contributed by atoms with Crippen molar-refractivity contribution in [2.24, 2.45) is 0 Å². The van der Waals surface area contributed by atoms with E-state index in [0.717, 1.165) is 0 Å². The Bertz CT molecular complexity index is 1340. The predicted octanol–water partition coefficient (Wildman–Crippen LogP) is 5.34. The van der Waals surface area contributed by atoms with Gasteiger partial charge in [0.15, 0.2) is 0 Å². The quantitative estimate of drug-likeness (QED) is 0.279. The van der Waals surface area contributed by atoms with E-state index in [0.29, 0.717) is 22.0 Å². The van der Waals surface area contributed by atoms with Crippen molar-refractivity contribution in [2.45, 2.75) is 6.04 Å². The number of aliphatic hydroxyl groups excluding tert-OH is 1. The second-order valence-corrected chi connectivity index (χ2v) is 8.27. The predicted molar refractivity (Wildman–Crippen MR) is 129 cm³/mol. The number of anilines is 1. The number of aromatic hydroxyl groups is 1. The molecule has 1 aliphatic rings. The van der Waals surface area contributed by atoms with Crippen LogP contribution in [0.2, 0.25) is 10.0 Å². The molecule has 0 radical (unpaired) electrons. The standard InChI is InChI=1S/C25H19Cl2NO6/c1-33-16-5-3-4-15(12-16)28-22(13-6-8-19(29)18(27)10-13)21(24(31)25(28)32)23(30)17-11-14(26)7-9-20(17)34-2/h3-12,22,29-30H,1-2H3/b23-21+. The molecule has 1 heterocycles. The Morgan fingerprint density at radius 3 is 2.41 bits per heavy atom. The third-order valence-corrected chi connectivity index (χ3v) is 6.02. The van der Waals surface area contributed by atoms with Crippen molar-refractivity contribution in [3.8, 4) is 17.2 Å². The maximum absolute atomic E-state index is 13.3. The van der Waals surface area contributed by atoms with Crippen LogP contribution in [0.1, 0.15) is 17.2 Å². The lowest BCUT2D eigenvalue weighted by Crippen LogP contribution is -2.29. The van der Waals surface area contributed by atoms with Crippen molar-refractivity contribution < 1.29 is 29.3 Å². The smallest absolute Gasteiger partial charge is 0.300 e. The number of carbonyl (C=O) groups excluding carboxylic acids is 2. The minimum Gasteiger partial charge on any atom is -0.507 e. The van der Waals surface area contributed by atoms with Crippen molar-refractivity contribution in [2.75, 3.05) is 19.1 Å². The van der Waals surface area contributed by atoms with Gasteiger partial charge in [-0.25, -0.2) is 0 Å². The Labute approximate surface area is 205 Å². The number of hydrogen-bond acceptors (Lipinski definition) is 6. The maximum Gasteiger partial charge on any atom is 0.300 e. The Balaban J connectivity index is 2.01. The van der Waals surface area contributed by atoms with Gasteiger partial charge in [-0.15, -0.1) is 0 Å². The van der Waals surface area contributed by atoms with Crippen molar-refractivity contribution in [1.82, 2.24) is 0 Å². The molecule has 1 unspecified atom stereocenters. The van der Waals surface area contributed by atoms with Crippen LogP contribution in [-0.2, 0) is 9.59 Å². The van der Waals surface area contributed by atoms with Crippen LogP contribution < -0.4 is 14.4 Å². The van der Waals surface area contributed by atoms with Gasteiger partial charge in [0.1, 0.15) is 23.0 Å². The molecule has 0 aliphatic carbocycles. The zero-order chi connectivity index (χ0) is 24.6. The van der Waals surface area contributed by atoms with E-state index >= 15 is 0 Å². The SMILES string of the molecule is COc1cccc(N2C(=O)C(=O)/C(=C(/O)c3cc(Cl)ccc3OC)C2c2ccc(O)c(Cl)c2)c1. The summed E-state index contributed by atoms with van der Waals surface area (Å²) in [5, 5.41) is 21.5. The second kappa shape index (κ2) is 9.29. The van der Waals surface area contributed by atoms with E-state index in [1.165, 1.54) is 43.4 Å². The minimum absolute atomic E-state index is 0.0223. The highest BCUT2D eigenvalue weighted by Gasteiger charge is 2.47. The highest BCUT2D eigenvalue weighted by atomic mass is 35.5. The molecule has 0 aromatic heterocycles. The Morgan fingerprint density at radius 1 is 0.971 bits per heavy atom. The first kappa shape index (κ1) is 23.5. The average molecular weight is 500 g/mol. The third-order valence-electron chi connectivity index (χ3n) is 5.48. The summed E-state index contributed by atoms with van der Waals surface area (Å²) >= 11 is 12.3. The first-order valence-electron chi connectivity index (χ1n) is 10.0. The van der Waals surface area contributed by atoms with Crippen molar-refractivity contribution in [3.05, 3.63) is 87.4 Å². The van der Waals surface area contributed by atoms with Crippen molar-refractivity contribution in [3.63, 3.8) is 0 Å². The summed E-state index contributed by atoms with van der Waals surface area (Å²) in [6.45, 7) is 0. The van der Waals surface area contributed by atoms with E-state index in [-0.39, 0.29) is 27.7 Å². The third kappa shape index (κ3) is 4.04. The Hall–Kier alpha value is -3.68. The number of rotatable bonds is 5. The number of Topliss-reactive ketones (excluding diaryl/α,β-unsaturated/α-hetero) is 1. The summed E-state index contributed by atoms with van der Waals surface area (Å²) in [6, 6.07) is 14.4. The van der Waals surface area contributed by atoms with E-state index in [9.17, 15) is 19.8 Å². The largest absolute Gasteiger partial charge is 0.507 e. The number of benzene rings is 3. The van der Waals surface area contributed by atoms with Gasteiger partial charge >= 0.3 is 0 Å². The van der Waals surface area contributed by atoms with Crippen LogP contribution in [0.3, 0.4) is 0 Å². The van der Waals surface area contributed by atoms with E-state index in [1.54, 1.807) is 36.4 Å². The topological polar surface area (TPSA) is 96.3 Å². The van der Waals surface area contributed by atoms with Gasteiger partial charge in [0, 0.05) is 16.8 Å². The Kier molecular flexibility index (Phi) is 6.41. The minimum atomic E-state index is -1.06. The van der Waals surface area contributed by atoms with Gasteiger partial charge in [-0.1, -0.05) is 35.3 Å². The molecule has 0 saturated carbocycles. The molecule has 174 valence electrons. The van der Waals surface area contributed by atoms with Gasteiger partial charge in [-0.3, -0.25) is 14.5 Å². The fraction of sp³-hybridized carbons (Fsp3) is 0.120. The van der Waals surface area contributed by atoms with Gasteiger partial charge < -0.3 is 19.7 Å². The number of hydrogen-bond donors (Lipinski definition) is 2. The number of phenols is 1. The maximum atomic E-state index is 13.3. The van der Waals surface area contributed by atoms with Gasteiger partial charge in [0.25, 0.3) is 11.7 Å². The lowest BCUT2D eigenvalue weighted by molar-refractivity contribution is -0.132. The number of ether oxygens (including phenoxy) is 2. The summed E-state index contributed by atoms with van der Waals surface area (Å²) in [5.74, 6) is -1.66. The van der Waals surface area contributed by atoms with Gasteiger partial charge in [-0.2, -0.15) is 0 Å². The molecule has 1 aliphatic heterocycles. The van der Waals surface area contributed by atoms with E-state index in [4.69, 9.17) is 32.7 Å². The summed E-state index contributed by atoms with van der Waals surface area (Å²) in [5.41, 5.74) is 0.726. The first-order chi connectivity index (χ1) is 16.3. The molecule has 2 N–H and O–H groups in total. The fourth-order valence-corrected chi connectivity index (χ4v) is 4.24. The van der Waals surface area contributed by atoms with Gasteiger partial charge in [0.2, 0.25) is 0 Å². The Morgan fingerprint density at radius 2 is 1.74 bits per heavy atom. The monoisotopic (exact) mass is 499 g/mol. The van der Waals surface area contributed by atoms with Crippen LogP contribution in [-0.4, -0.2) is 36.1 Å². The number of amides is 1. The molecule has 1 amide bonds. The molecule has 9 heteroatoms. The van der Waals surface area contributed by atoms with Crippen LogP contribution in [0.15, 0.2) is 66.2 Å². The molecule has 3 aromatic carbocycles. The number of nitrogens with zero attached hydrogens (tertiary/aromatic N) is 1. The molecular formula is C25H19Cl2NO6. The van der Waals surface area contributed by atoms with E-state index in [1.807, 2.05) is 0 Å². The highest BCUT2D eigenvalue weighted by Crippen LogP contribution is 2.45. The molecule has 1 atom stereocenters. The normalized spacial score (nSPS) is 17.2. The van der Waals surface area contributed by atoms with Crippen molar-refractivity contribution >= 4 is 46.3 Å². The van der Waals surface area contributed by atoms with E-state index < -0.39 is 23.5 Å². The zero-order valence-corrected chi connectivity index (χ0v) is 19.6. The molecule has 3 aromatic rings. The molecule has 0 bridgehead atoms. The summed E-state index contributed by atoms with van der Waals surface area (Å²) < 4.78 is 10.6. The number of phenolic OH excluding ortho intramolecular Hbond substituents is 1. The van der Waals surface area contributed by atoms with Crippen LogP contribution >= 0.6 is 23.2 Å². The summed E-state index contributed by atoms with van der Waals surface area (Å²) in [7, 11) is 2.89. The number of ketones is 1. The van der Waals surface area contributed by atoms with Crippen molar-refractivity contribution in [1.29, 1.82) is 0 Å². The van der Waals surface area contributed by atoms with Crippen LogP contribution in [0, 0.1) is 0 Å². The fourth-order valence-electron chi connectivity index (χ4n) is 3.88. The average Bonchev–Trinajstić information content (AvgIpc) is 3.10. The summed E-state index contributed by atoms with van der Waals surface area (Å²) in [6.07, 6.45) is 0. The molecule has 4 rings (SSSR count). The molecule has 0 spiro atoms. The van der Waals surface area contributed by atoms with Crippen LogP contribution in [0.4, 0.5) is 5.69 Å². The van der Waals surface area contributed by atoms with Crippen LogP contribution in [0.25, 0.3) is 5.76 Å². The number of aliphatic hydroxyl groups is 1. The van der Waals surface area contributed by atoms with Crippen LogP contribution in [0.5, 0.6) is 17.2 Å². The number of halogens is 2. The highest BCUT2D eigenvalue weighted by molar-refractivity contribution is 6.51. The number of methoxy groups -OCH3 is 2. The summed E-state index contributed by atoms with van der Waals surface area (Å²) in [4.78, 5) is 27.8. The molecule has 1 fully saturated rings. The lowest BCUT2D eigenvalue weighted by Gasteiger charge is -2.26. The molecular weight excluding hydrogens is 481 g/mol. The molecule has 7 nitrogen and oxygen atoms in total. The molecule has 1 saturated heterocycles. The first-order valence-corrected chi connectivity index (χ1v) is 10.8. The van der Waals surface area contributed by atoms with Gasteiger partial charge in [0.05, 0.1) is 36.4 Å². The lowest BCUT2D eigenvalue weighted by atomic mass is 9.94. The number of carbonyl (C=O) groups is 2. The molecule has 34 heavy (non-hydrogen) atoms. The van der Waals surface area contributed by atoms with E-state index in [2.05, 4.69) is 0 Å².